The van der Waals surface area contributed by atoms with Crippen molar-refractivity contribution < 1.29 is 14.3 Å². The second-order valence-corrected chi connectivity index (χ2v) is 3.43. The first-order chi connectivity index (χ1) is 7.57. The van der Waals surface area contributed by atoms with Gasteiger partial charge in [0.05, 0.1) is 18.8 Å². The number of amides is 2. The largest absolute Gasteiger partial charge is 0.383 e. The highest BCUT2D eigenvalue weighted by molar-refractivity contribution is 5.75. The van der Waals surface area contributed by atoms with Gasteiger partial charge < -0.3 is 25.5 Å². The average molecular weight is 228 g/mol. The third-order valence-corrected chi connectivity index (χ3v) is 2.21. The Labute approximate surface area is 93.8 Å². The van der Waals surface area contributed by atoms with E-state index in [0.29, 0.717) is 12.0 Å². The van der Waals surface area contributed by atoms with Crippen LogP contribution in [0.4, 0.5) is 4.79 Å². The predicted molar refractivity (Wildman–Crippen MR) is 57.0 cm³/mol. The summed E-state index contributed by atoms with van der Waals surface area (Å²) < 4.78 is 5.25. The monoisotopic (exact) mass is 228 g/mol. The molecule has 0 saturated heterocycles. The summed E-state index contributed by atoms with van der Waals surface area (Å²) in [6.45, 7) is 0.557. The number of carbonyl (C=O) groups excluding carboxylic acids is 2. The van der Waals surface area contributed by atoms with Gasteiger partial charge in [0.1, 0.15) is 18.8 Å². The van der Waals surface area contributed by atoms with E-state index in [0.717, 1.165) is 0 Å². The molecule has 0 aliphatic carbocycles. The Bertz CT molecular complexity index is 316. The van der Waals surface area contributed by atoms with Crippen LogP contribution in [0.5, 0.6) is 0 Å². The third-order valence-electron chi connectivity index (χ3n) is 2.21. The minimum atomic E-state index is -0.261. The van der Waals surface area contributed by atoms with Gasteiger partial charge in [-0.15, -0.1) is 0 Å². The molecule has 0 aromatic carbocycles. The second kappa shape index (κ2) is 5.36. The molecule has 1 aliphatic heterocycles. The Morgan fingerprint density at radius 2 is 2.25 bits per heavy atom. The Morgan fingerprint density at radius 1 is 1.56 bits per heavy atom. The van der Waals surface area contributed by atoms with E-state index in [1.54, 1.807) is 14.1 Å². The molecular weight excluding hydrogens is 212 g/mol. The van der Waals surface area contributed by atoms with Gasteiger partial charge in [-0.1, -0.05) is 0 Å². The standard InChI is InChI=1S/C9H16N4O3/c1-12-6-16-5-7(11-3-4-14)8(10)13(2)9(12)15/h4,11H,3,5-6,10H2,1-2H3/b8-7+. The number of carbonyl (C=O) groups is 2. The molecule has 0 radical (unpaired) electrons. The molecule has 0 spiro atoms. The first-order valence-corrected chi connectivity index (χ1v) is 4.80. The smallest absolute Gasteiger partial charge is 0.326 e. The molecule has 0 fully saturated rings. The predicted octanol–water partition coefficient (Wildman–Crippen LogP) is -1.13. The molecule has 0 bridgehead atoms. The number of aldehydes is 1. The summed E-state index contributed by atoms with van der Waals surface area (Å²) in [5, 5.41) is 2.80. The van der Waals surface area contributed by atoms with E-state index in [1.807, 2.05) is 0 Å². The molecule has 0 saturated carbocycles. The lowest BCUT2D eigenvalue weighted by molar-refractivity contribution is -0.107. The maximum absolute atomic E-state index is 11.7. The topological polar surface area (TPSA) is 87.9 Å². The van der Waals surface area contributed by atoms with E-state index < -0.39 is 0 Å². The fourth-order valence-corrected chi connectivity index (χ4v) is 1.28. The molecule has 1 aliphatic rings. The molecule has 1 heterocycles. The molecule has 90 valence electrons. The second-order valence-electron chi connectivity index (χ2n) is 3.43. The van der Waals surface area contributed by atoms with Crippen LogP contribution >= 0.6 is 0 Å². The fourth-order valence-electron chi connectivity index (χ4n) is 1.28. The molecule has 2 amide bonds. The van der Waals surface area contributed by atoms with Crippen molar-refractivity contribution >= 4 is 12.3 Å². The summed E-state index contributed by atoms with van der Waals surface area (Å²) in [6, 6.07) is -0.261. The molecule has 16 heavy (non-hydrogen) atoms. The zero-order valence-corrected chi connectivity index (χ0v) is 9.40. The summed E-state index contributed by atoms with van der Waals surface area (Å²) in [6.07, 6.45) is 0.715. The Morgan fingerprint density at radius 3 is 2.88 bits per heavy atom. The molecule has 0 atom stereocenters. The number of hydrogen-bond acceptors (Lipinski definition) is 5. The SMILES string of the molecule is CN1COC/C(NCC=O)=C(/N)N(C)C1=O. The van der Waals surface area contributed by atoms with Crippen molar-refractivity contribution in [3.63, 3.8) is 0 Å². The van der Waals surface area contributed by atoms with E-state index in [2.05, 4.69) is 5.32 Å². The van der Waals surface area contributed by atoms with Gasteiger partial charge in [-0.3, -0.25) is 4.90 Å². The maximum Gasteiger partial charge on any atom is 0.326 e. The van der Waals surface area contributed by atoms with Gasteiger partial charge in [-0.05, 0) is 0 Å². The number of nitrogens with one attached hydrogen (secondary N) is 1. The third kappa shape index (κ3) is 2.63. The van der Waals surface area contributed by atoms with Crippen LogP contribution in [0.2, 0.25) is 0 Å². The van der Waals surface area contributed by atoms with Gasteiger partial charge in [0, 0.05) is 14.1 Å². The lowest BCUT2D eigenvalue weighted by Gasteiger charge is -2.29. The van der Waals surface area contributed by atoms with Gasteiger partial charge in [-0.2, -0.15) is 0 Å². The number of urea groups is 1. The molecule has 7 heteroatoms. The van der Waals surface area contributed by atoms with Crippen LogP contribution in [-0.4, -0.2) is 56.1 Å². The number of rotatable bonds is 3. The molecule has 1 rings (SSSR count). The van der Waals surface area contributed by atoms with Crippen molar-refractivity contribution in [1.29, 1.82) is 0 Å². The van der Waals surface area contributed by atoms with Crippen LogP contribution in [0.15, 0.2) is 11.5 Å². The van der Waals surface area contributed by atoms with Crippen molar-refractivity contribution in [2.75, 3.05) is 34.0 Å². The molecule has 0 aromatic rings. The number of nitrogens with zero attached hydrogens (tertiary/aromatic N) is 2. The van der Waals surface area contributed by atoms with Crippen LogP contribution < -0.4 is 11.1 Å². The zero-order chi connectivity index (χ0) is 12.1. The molecule has 0 unspecified atom stereocenters. The number of ether oxygens (including phenoxy) is 1. The number of nitrogens with two attached hydrogens (primary N) is 1. The van der Waals surface area contributed by atoms with E-state index in [-0.39, 0.29) is 31.7 Å². The summed E-state index contributed by atoms with van der Waals surface area (Å²) in [7, 11) is 3.19. The lowest BCUT2D eigenvalue weighted by atomic mass is 10.4. The zero-order valence-electron chi connectivity index (χ0n) is 9.40. The molecule has 3 N–H and O–H groups in total. The Balaban J connectivity index is 2.87. The summed E-state index contributed by atoms with van der Waals surface area (Å²) in [5.41, 5.74) is 6.32. The van der Waals surface area contributed by atoms with E-state index in [1.165, 1.54) is 9.80 Å². The van der Waals surface area contributed by atoms with Gasteiger partial charge in [0.15, 0.2) is 0 Å². The van der Waals surface area contributed by atoms with Gasteiger partial charge in [0.25, 0.3) is 0 Å². The molecular formula is C9H16N4O3. The van der Waals surface area contributed by atoms with E-state index in [4.69, 9.17) is 10.5 Å². The average Bonchev–Trinajstić information content (AvgIpc) is 2.29. The normalized spacial score (nSPS) is 22.8. The van der Waals surface area contributed by atoms with Crippen molar-refractivity contribution in [1.82, 2.24) is 15.1 Å². The van der Waals surface area contributed by atoms with Crippen molar-refractivity contribution in [3.8, 4) is 0 Å². The fraction of sp³-hybridized carbons (Fsp3) is 0.556. The van der Waals surface area contributed by atoms with Crippen molar-refractivity contribution in [2.24, 2.45) is 5.73 Å². The van der Waals surface area contributed by atoms with Gasteiger partial charge >= 0.3 is 6.03 Å². The van der Waals surface area contributed by atoms with Crippen LogP contribution in [0.1, 0.15) is 0 Å². The van der Waals surface area contributed by atoms with E-state index >= 15 is 0 Å². The Hall–Kier alpha value is -1.76. The van der Waals surface area contributed by atoms with Crippen LogP contribution in [0, 0.1) is 0 Å². The molecule has 0 aromatic heterocycles. The molecule has 7 nitrogen and oxygen atoms in total. The first kappa shape index (κ1) is 12.3. The minimum absolute atomic E-state index is 0.136. The van der Waals surface area contributed by atoms with Crippen LogP contribution in [0.25, 0.3) is 0 Å². The van der Waals surface area contributed by atoms with Crippen molar-refractivity contribution in [3.05, 3.63) is 11.5 Å². The van der Waals surface area contributed by atoms with Crippen molar-refractivity contribution in [2.45, 2.75) is 0 Å². The number of hydrogen-bond donors (Lipinski definition) is 2. The van der Waals surface area contributed by atoms with Gasteiger partial charge in [0.2, 0.25) is 0 Å². The summed E-state index contributed by atoms with van der Waals surface area (Å²) >= 11 is 0. The van der Waals surface area contributed by atoms with Gasteiger partial charge in [-0.25, -0.2) is 4.79 Å². The summed E-state index contributed by atoms with van der Waals surface area (Å²) in [4.78, 5) is 24.7. The minimum Gasteiger partial charge on any atom is -0.383 e. The lowest BCUT2D eigenvalue weighted by Crippen LogP contribution is -2.45. The highest BCUT2D eigenvalue weighted by atomic mass is 16.5. The van der Waals surface area contributed by atoms with Crippen LogP contribution in [0.3, 0.4) is 0 Å². The summed E-state index contributed by atoms with van der Waals surface area (Å²) in [5.74, 6) is 0.262. The quantitative estimate of drug-likeness (QED) is 0.597. The maximum atomic E-state index is 11.7. The Kier molecular flexibility index (Phi) is 4.12. The van der Waals surface area contributed by atoms with E-state index in [9.17, 15) is 9.59 Å². The highest BCUT2D eigenvalue weighted by Crippen LogP contribution is 2.08. The highest BCUT2D eigenvalue weighted by Gasteiger charge is 2.21. The van der Waals surface area contributed by atoms with Crippen LogP contribution in [-0.2, 0) is 9.53 Å². The first-order valence-electron chi connectivity index (χ1n) is 4.80.